The molecule has 1 saturated heterocycles. The molecule has 154 valence electrons. The van der Waals surface area contributed by atoms with Gasteiger partial charge in [-0.15, -0.1) is 0 Å². The molecular weight excluding hydrogens is 384 g/mol. The Balaban J connectivity index is 1.81. The van der Waals surface area contributed by atoms with Crippen LogP contribution in [0.15, 0.2) is 36.4 Å². The van der Waals surface area contributed by atoms with Gasteiger partial charge in [-0.3, -0.25) is 4.57 Å². The molecule has 0 radical (unpaired) electrons. The van der Waals surface area contributed by atoms with Crippen LogP contribution in [0.4, 0.5) is 5.69 Å². The number of benzene rings is 2. The lowest BCUT2D eigenvalue weighted by atomic mass is 9.74. The van der Waals surface area contributed by atoms with Crippen molar-refractivity contribution in [2.45, 2.75) is 43.5 Å². The zero-order valence-electron chi connectivity index (χ0n) is 17.4. The van der Waals surface area contributed by atoms with Crippen LogP contribution in [0.3, 0.4) is 0 Å². The summed E-state index contributed by atoms with van der Waals surface area (Å²) in [5, 5.41) is 39.5. The molecule has 0 saturated carbocycles. The van der Waals surface area contributed by atoms with Crippen LogP contribution in [0.2, 0.25) is 0 Å². The maximum atomic E-state index is 11.3. The van der Waals surface area contributed by atoms with E-state index in [0.717, 1.165) is 0 Å². The fourth-order valence-corrected chi connectivity index (χ4v) is 5.40. The normalized spacial score (nSPS) is 27.2. The van der Waals surface area contributed by atoms with Crippen molar-refractivity contribution >= 4 is 16.5 Å². The summed E-state index contributed by atoms with van der Waals surface area (Å²) in [6, 6.07) is 10.7. The first-order valence-corrected chi connectivity index (χ1v) is 9.97. The Morgan fingerprint density at radius 3 is 2.63 bits per heavy atom. The molecule has 0 amide bonds. The van der Waals surface area contributed by atoms with Gasteiger partial charge in [0, 0.05) is 19.4 Å². The van der Waals surface area contributed by atoms with Gasteiger partial charge in [0.2, 0.25) is 13.2 Å². The van der Waals surface area contributed by atoms with Crippen molar-refractivity contribution in [3.8, 4) is 17.4 Å². The van der Waals surface area contributed by atoms with Crippen molar-refractivity contribution in [1.82, 2.24) is 4.57 Å². The molecule has 3 heterocycles. The lowest BCUT2D eigenvalue weighted by molar-refractivity contribution is -0.120. The Hall–Kier alpha value is -3.05. The Bertz CT molecular complexity index is 1250. The lowest BCUT2D eigenvalue weighted by Crippen LogP contribution is -2.35. The highest BCUT2D eigenvalue weighted by Gasteiger charge is 2.67. The van der Waals surface area contributed by atoms with E-state index in [0.29, 0.717) is 39.7 Å². The molecule has 5 rings (SSSR count). The van der Waals surface area contributed by atoms with Crippen LogP contribution >= 0.6 is 0 Å². The van der Waals surface area contributed by atoms with Gasteiger partial charge in [-0.25, -0.2) is 4.85 Å². The summed E-state index contributed by atoms with van der Waals surface area (Å²) in [4.78, 5) is 3.57. The largest absolute Gasteiger partial charge is 0.494 e. The average Bonchev–Trinajstić information content (AvgIpc) is 3.35. The molecule has 2 aliphatic rings. The van der Waals surface area contributed by atoms with Crippen molar-refractivity contribution in [1.29, 1.82) is 1.43 Å². The number of rotatable bonds is 5. The molecule has 3 aromatic rings. The topological polar surface area (TPSA) is 99.4 Å². The summed E-state index contributed by atoms with van der Waals surface area (Å²) in [6.07, 6.45) is 0.0413. The van der Waals surface area contributed by atoms with Crippen LogP contribution in [0.1, 0.15) is 37.3 Å². The first kappa shape index (κ1) is 17.8. The van der Waals surface area contributed by atoms with E-state index in [-0.39, 0.29) is 31.2 Å². The van der Waals surface area contributed by atoms with E-state index in [1.54, 1.807) is 12.1 Å². The Morgan fingerprint density at radius 1 is 1.20 bits per heavy atom. The second-order valence-corrected chi connectivity index (χ2v) is 8.01. The third kappa shape index (κ3) is 2.08. The highest BCUT2D eigenvalue weighted by Crippen LogP contribution is 2.66. The van der Waals surface area contributed by atoms with Gasteiger partial charge in [0.05, 0.1) is 29.5 Å². The third-order valence-electron chi connectivity index (χ3n) is 6.71. The molecule has 4 N–H and O–H groups in total. The molecule has 7 nitrogen and oxygen atoms in total. The molecule has 0 spiro atoms. The van der Waals surface area contributed by atoms with Gasteiger partial charge in [-0.1, -0.05) is 37.3 Å². The summed E-state index contributed by atoms with van der Waals surface area (Å²) in [5.41, 5.74) is -0.367. The Morgan fingerprint density at radius 2 is 1.93 bits per heavy atom. The third-order valence-corrected chi connectivity index (χ3v) is 6.71. The van der Waals surface area contributed by atoms with E-state index < -0.39 is 17.3 Å². The van der Waals surface area contributed by atoms with Gasteiger partial charge < -0.3 is 25.2 Å². The fourth-order valence-electron chi connectivity index (χ4n) is 5.40. The molecule has 2 aliphatic heterocycles. The smallest absolute Gasteiger partial charge is 0.210 e. The second kappa shape index (κ2) is 6.22. The second-order valence-electron chi connectivity index (χ2n) is 8.01. The monoisotopic (exact) mass is 408 g/mol. The molecule has 2 aromatic carbocycles. The molecule has 30 heavy (non-hydrogen) atoms. The number of hydrogen-bond donors (Lipinski definition) is 4. The number of hydrogen-bond acceptors (Lipinski definition) is 5. The van der Waals surface area contributed by atoms with E-state index in [1.807, 2.05) is 31.2 Å². The zero-order chi connectivity index (χ0) is 22.0. The fraction of sp³-hybridized carbons (Fsp3) is 0.348. The van der Waals surface area contributed by atoms with Crippen LogP contribution in [0.25, 0.3) is 21.3 Å². The maximum absolute atomic E-state index is 11.3. The van der Waals surface area contributed by atoms with E-state index in [9.17, 15) is 15.3 Å². The molecule has 2 unspecified atom stereocenters. The van der Waals surface area contributed by atoms with Gasteiger partial charge in [0.1, 0.15) is 11.2 Å². The minimum absolute atomic E-state index is 0.0555. The van der Waals surface area contributed by atoms with E-state index in [1.165, 1.54) is 4.57 Å². The summed E-state index contributed by atoms with van der Waals surface area (Å²) < 4.78 is 14.7. The number of ether oxygens (including phenoxy) is 1. The SMILES string of the molecule is [3H]OCCC12C[C@@H](O)C(CC)(O1)c1c2c(O)n(-c2ccc([N+]#[C-])c3ccccc23)c1O. The highest BCUT2D eigenvalue weighted by molar-refractivity contribution is 6.00. The molecule has 2 bridgehead atoms. The van der Waals surface area contributed by atoms with Crippen molar-refractivity contribution < 1.29 is 25.2 Å². The van der Waals surface area contributed by atoms with Gasteiger partial charge in [-0.2, -0.15) is 0 Å². The molecule has 1 aromatic heterocycles. The number of fused-ring (bicyclic) bond motifs is 6. The minimum Gasteiger partial charge on any atom is -0.494 e. The number of aromatic nitrogens is 1. The lowest BCUT2D eigenvalue weighted by Gasteiger charge is -2.28. The van der Waals surface area contributed by atoms with Gasteiger partial charge in [0.15, 0.2) is 5.69 Å². The average molecular weight is 408 g/mol. The van der Waals surface area contributed by atoms with E-state index >= 15 is 0 Å². The molecule has 0 aliphatic carbocycles. The first-order valence-electron chi connectivity index (χ1n) is 10.4. The van der Waals surface area contributed by atoms with Crippen LogP contribution in [-0.2, 0) is 15.9 Å². The highest BCUT2D eigenvalue weighted by atomic mass is 16.6. The predicted molar refractivity (Wildman–Crippen MR) is 110 cm³/mol. The van der Waals surface area contributed by atoms with E-state index in [4.69, 9.17) is 12.7 Å². The number of aliphatic hydroxyl groups excluding tert-OH is 2. The first-order chi connectivity index (χ1) is 14.9. The van der Waals surface area contributed by atoms with Crippen molar-refractivity contribution in [2.24, 2.45) is 0 Å². The Kier molecular flexibility index (Phi) is 3.69. The minimum atomic E-state index is -1.14. The standard InChI is InChI=1S/C23H22N2O5/c1-3-23-17(27)12-22(30-23,10-11-26)18-19(23)21(29)25(20(18)28)16-9-8-15(24-2)13-6-4-5-7-14(13)16/h4-9,17,26-29H,3,10-12H2,1H3/t17-,22?,23?/m1/s1/i26T. The molecule has 7 heteroatoms. The van der Waals surface area contributed by atoms with Crippen LogP contribution in [0, 0.1) is 6.57 Å². The van der Waals surface area contributed by atoms with Crippen molar-refractivity contribution in [3.63, 3.8) is 0 Å². The van der Waals surface area contributed by atoms with Crippen LogP contribution < -0.4 is 0 Å². The van der Waals surface area contributed by atoms with Crippen LogP contribution in [0.5, 0.6) is 11.8 Å². The van der Waals surface area contributed by atoms with E-state index in [2.05, 4.69) is 9.95 Å². The zero-order valence-corrected chi connectivity index (χ0v) is 16.4. The van der Waals surface area contributed by atoms with Gasteiger partial charge in [-0.05, 0) is 23.3 Å². The van der Waals surface area contributed by atoms with Crippen molar-refractivity contribution in [3.05, 3.63) is 58.9 Å². The quantitative estimate of drug-likeness (QED) is 0.484. The predicted octanol–water partition coefficient (Wildman–Crippen LogP) is 3.57. The summed E-state index contributed by atoms with van der Waals surface area (Å²) in [6.45, 7) is 9.35. The Labute approximate surface area is 174 Å². The summed E-state index contributed by atoms with van der Waals surface area (Å²) in [7, 11) is 0. The van der Waals surface area contributed by atoms with Crippen molar-refractivity contribution in [2.75, 3.05) is 6.61 Å². The number of aromatic hydroxyl groups is 2. The number of nitrogens with zero attached hydrogens (tertiary/aromatic N) is 2. The molecule has 1 fully saturated rings. The van der Waals surface area contributed by atoms with Gasteiger partial charge >= 0.3 is 0 Å². The summed E-state index contributed by atoms with van der Waals surface area (Å²) >= 11 is 0. The molecular formula is C23H22N2O5. The molecule has 3 atom stereocenters. The summed E-state index contributed by atoms with van der Waals surface area (Å²) in [5.74, 6) is -0.358. The van der Waals surface area contributed by atoms with Crippen LogP contribution in [-0.4, -0.2) is 39.1 Å². The maximum Gasteiger partial charge on any atom is 0.210 e. The number of aliphatic hydroxyl groups is 2. The van der Waals surface area contributed by atoms with Gasteiger partial charge in [0.25, 0.3) is 0 Å².